The number of fused-ring (bicyclic) bond motifs is 5. The second-order valence-corrected chi connectivity index (χ2v) is 9.63. The maximum absolute atomic E-state index is 11.1. The van der Waals surface area contributed by atoms with Gasteiger partial charge in [0.2, 0.25) is 0 Å². The third kappa shape index (κ3) is 2.27. The second kappa shape index (κ2) is 5.88. The van der Waals surface area contributed by atoms with Gasteiger partial charge in [-0.1, -0.05) is 26.7 Å². The first-order valence-electron chi connectivity index (χ1n) is 9.87. The molecule has 4 fully saturated rings. The minimum absolute atomic E-state index is 0. The van der Waals surface area contributed by atoms with Crippen molar-refractivity contribution in [3.05, 3.63) is 0 Å². The van der Waals surface area contributed by atoms with Crippen LogP contribution < -0.4 is 5.73 Å². The third-order valence-electron chi connectivity index (χ3n) is 9.24. The van der Waals surface area contributed by atoms with Gasteiger partial charge in [0.05, 0.1) is 5.60 Å². The number of hydrogen-bond donors (Lipinski definition) is 2. The molecule has 0 saturated heterocycles. The van der Waals surface area contributed by atoms with E-state index in [9.17, 15) is 5.11 Å². The quantitative estimate of drug-likeness (QED) is 0.736. The van der Waals surface area contributed by atoms with Gasteiger partial charge in [-0.25, -0.2) is 0 Å². The molecular formula is C20H36ClNO. The summed E-state index contributed by atoms with van der Waals surface area (Å²) in [5.41, 5.74) is 6.11. The highest BCUT2D eigenvalue weighted by Gasteiger charge is 2.63. The summed E-state index contributed by atoms with van der Waals surface area (Å²) < 4.78 is 0. The molecule has 0 heterocycles. The molecule has 0 spiro atoms. The van der Waals surface area contributed by atoms with Crippen LogP contribution in [-0.2, 0) is 0 Å². The fraction of sp³-hybridized carbons (Fsp3) is 1.00. The number of hydrogen-bond acceptors (Lipinski definition) is 2. The number of aliphatic hydroxyl groups is 1. The molecule has 23 heavy (non-hydrogen) atoms. The molecule has 2 nitrogen and oxygen atoms in total. The summed E-state index contributed by atoms with van der Waals surface area (Å²) in [6, 6.07) is 0. The van der Waals surface area contributed by atoms with E-state index in [1.165, 1.54) is 57.8 Å². The Morgan fingerprint density at radius 1 is 0.913 bits per heavy atom. The fourth-order valence-corrected chi connectivity index (χ4v) is 7.74. The molecule has 0 aromatic heterocycles. The van der Waals surface area contributed by atoms with Crippen molar-refractivity contribution in [2.75, 3.05) is 6.54 Å². The molecule has 5 unspecified atom stereocenters. The van der Waals surface area contributed by atoms with Crippen molar-refractivity contribution in [1.82, 2.24) is 0 Å². The number of halogens is 1. The van der Waals surface area contributed by atoms with Crippen molar-refractivity contribution >= 4 is 12.4 Å². The fourth-order valence-electron chi connectivity index (χ4n) is 7.74. The second-order valence-electron chi connectivity index (χ2n) is 9.63. The molecule has 4 aliphatic rings. The van der Waals surface area contributed by atoms with Gasteiger partial charge in [0.1, 0.15) is 0 Å². The zero-order valence-corrected chi connectivity index (χ0v) is 15.8. The Morgan fingerprint density at radius 3 is 2.39 bits per heavy atom. The number of rotatable bonds is 1. The van der Waals surface area contributed by atoms with E-state index in [-0.39, 0.29) is 17.8 Å². The Balaban J connectivity index is 0.00000156. The highest BCUT2D eigenvalue weighted by atomic mass is 35.5. The van der Waals surface area contributed by atoms with Crippen LogP contribution in [0.2, 0.25) is 0 Å². The predicted molar refractivity (Wildman–Crippen MR) is 97.6 cm³/mol. The maximum atomic E-state index is 11.1. The van der Waals surface area contributed by atoms with Crippen molar-refractivity contribution in [2.45, 2.75) is 83.7 Å². The molecule has 0 aromatic rings. The van der Waals surface area contributed by atoms with Crippen molar-refractivity contribution < 1.29 is 5.11 Å². The molecule has 0 bridgehead atoms. The lowest BCUT2D eigenvalue weighted by atomic mass is 9.44. The van der Waals surface area contributed by atoms with E-state index in [0.717, 1.165) is 30.1 Å². The van der Waals surface area contributed by atoms with Crippen LogP contribution in [0, 0.1) is 34.5 Å². The van der Waals surface area contributed by atoms with E-state index < -0.39 is 5.60 Å². The van der Waals surface area contributed by atoms with Crippen LogP contribution in [0.25, 0.3) is 0 Å². The highest BCUT2D eigenvalue weighted by Crippen LogP contribution is 2.68. The monoisotopic (exact) mass is 341 g/mol. The van der Waals surface area contributed by atoms with Gasteiger partial charge in [-0.3, -0.25) is 0 Å². The van der Waals surface area contributed by atoms with Gasteiger partial charge in [-0.15, -0.1) is 12.4 Å². The van der Waals surface area contributed by atoms with Gasteiger partial charge in [0.25, 0.3) is 0 Å². The van der Waals surface area contributed by atoms with Crippen molar-refractivity contribution in [2.24, 2.45) is 40.2 Å². The largest absolute Gasteiger partial charge is 0.388 e. The van der Waals surface area contributed by atoms with E-state index >= 15 is 0 Å². The highest BCUT2D eigenvalue weighted by molar-refractivity contribution is 5.85. The van der Waals surface area contributed by atoms with Gasteiger partial charge in [0.15, 0.2) is 0 Å². The molecule has 3 heteroatoms. The average Bonchev–Trinajstić information content (AvgIpc) is 2.79. The molecule has 4 aliphatic carbocycles. The van der Waals surface area contributed by atoms with Crippen LogP contribution in [-0.4, -0.2) is 17.3 Å². The molecule has 3 N–H and O–H groups in total. The Labute approximate surface area is 148 Å². The summed E-state index contributed by atoms with van der Waals surface area (Å²) in [5.74, 6) is 3.49. The first-order valence-corrected chi connectivity index (χ1v) is 9.87. The predicted octanol–water partition coefficient (Wildman–Crippen LogP) is 4.53. The normalized spacial score (nSPS) is 55.3. The van der Waals surface area contributed by atoms with Gasteiger partial charge >= 0.3 is 0 Å². The molecule has 0 radical (unpaired) electrons. The molecule has 0 amide bonds. The lowest BCUT2D eigenvalue weighted by Crippen LogP contribution is -2.58. The van der Waals surface area contributed by atoms with Crippen LogP contribution >= 0.6 is 12.4 Å². The summed E-state index contributed by atoms with van der Waals surface area (Å²) in [5, 5.41) is 11.1. The zero-order chi connectivity index (χ0) is 15.6. The lowest BCUT2D eigenvalue weighted by Gasteiger charge is -2.61. The zero-order valence-electron chi connectivity index (χ0n) is 15.0. The smallest absolute Gasteiger partial charge is 0.0825 e. The van der Waals surface area contributed by atoms with Crippen LogP contribution in [0.1, 0.15) is 78.1 Å². The molecule has 4 saturated carbocycles. The summed E-state index contributed by atoms with van der Waals surface area (Å²) in [4.78, 5) is 0. The van der Waals surface area contributed by atoms with Crippen LogP contribution in [0.15, 0.2) is 0 Å². The van der Waals surface area contributed by atoms with Gasteiger partial charge in [-0.2, -0.15) is 0 Å². The molecule has 134 valence electrons. The lowest BCUT2D eigenvalue weighted by molar-refractivity contribution is -0.148. The minimum atomic E-state index is -0.590. The summed E-state index contributed by atoms with van der Waals surface area (Å²) in [7, 11) is 0. The van der Waals surface area contributed by atoms with E-state index in [2.05, 4.69) is 13.8 Å². The average molecular weight is 342 g/mol. The topological polar surface area (TPSA) is 46.2 Å². The van der Waals surface area contributed by atoms with Crippen LogP contribution in [0.5, 0.6) is 0 Å². The molecular weight excluding hydrogens is 306 g/mol. The first-order chi connectivity index (χ1) is 10.4. The summed E-state index contributed by atoms with van der Waals surface area (Å²) in [6.45, 7) is 5.45. The summed E-state index contributed by atoms with van der Waals surface area (Å²) >= 11 is 0. The Kier molecular flexibility index (Phi) is 4.61. The van der Waals surface area contributed by atoms with Gasteiger partial charge in [0, 0.05) is 12.0 Å². The van der Waals surface area contributed by atoms with Gasteiger partial charge in [-0.05, 0) is 80.5 Å². The Hall–Kier alpha value is 0.210. The first kappa shape index (κ1) is 18.0. The van der Waals surface area contributed by atoms with Crippen molar-refractivity contribution in [1.29, 1.82) is 0 Å². The maximum Gasteiger partial charge on any atom is 0.0825 e. The molecule has 4 rings (SSSR count). The minimum Gasteiger partial charge on any atom is -0.388 e. The third-order valence-corrected chi connectivity index (χ3v) is 9.24. The standard InChI is InChI=1S/C20H35NO.ClH/c1-18-10-4-3-5-14(18)6-7-15-16(18)8-11-19(2)17(15)9-12-20(19,22)13-21;/h14-17,22H,3-13,21H2,1-2H3;1H/t14?,15?,16?,17?,18-,19-,20?;/m1./s1. The number of nitrogens with two attached hydrogens (primary N) is 1. The van der Waals surface area contributed by atoms with Crippen LogP contribution in [0.4, 0.5) is 0 Å². The van der Waals surface area contributed by atoms with E-state index in [1.807, 2.05) is 0 Å². The SMILES string of the molecule is C[C@@]12CCCCC1CCC1C2CC[C@]2(C)C1CCC2(O)CN.Cl. The van der Waals surface area contributed by atoms with Crippen LogP contribution in [0.3, 0.4) is 0 Å². The molecule has 0 aromatic carbocycles. The summed E-state index contributed by atoms with van der Waals surface area (Å²) in [6.07, 6.45) is 13.4. The van der Waals surface area contributed by atoms with E-state index in [0.29, 0.717) is 12.0 Å². The molecule has 0 aliphatic heterocycles. The van der Waals surface area contributed by atoms with E-state index in [1.54, 1.807) is 0 Å². The van der Waals surface area contributed by atoms with E-state index in [4.69, 9.17) is 5.73 Å². The van der Waals surface area contributed by atoms with Gasteiger partial charge < -0.3 is 10.8 Å². The Bertz CT molecular complexity index is 455. The van der Waals surface area contributed by atoms with Crippen molar-refractivity contribution in [3.63, 3.8) is 0 Å². The Morgan fingerprint density at radius 2 is 1.65 bits per heavy atom. The molecule has 7 atom stereocenters. The van der Waals surface area contributed by atoms with Crippen molar-refractivity contribution in [3.8, 4) is 0 Å².